The Bertz CT molecular complexity index is 1690. The molecule has 16 heteroatoms. The van der Waals surface area contributed by atoms with Gasteiger partial charge in [0.15, 0.2) is 18.0 Å². The Morgan fingerprint density at radius 3 is 2.09 bits per heavy atom. The van der Waals surface area contributed by atoms with Gasteiger partial charge in [-0.3, -0.25) is 19.2 Å². The highest BCUT2D eigenvalue weighted by Gasteiger charge is 2.75. The van der Waals surface area contributed by atoms with Crippen LogP contribution in [0.3, 0.4) is 0 Å². The van der Waals surface area contributed by atoms with Crippen LogP contribution >= 0.6 is 0 Å². The number of aliphatic hydroxyl groups is 5. The van der Waals surface area contributed by atoms with E-state index in [1.807, 2.05) is 0 Å². The summed E-state index contributed by atoms with van der Waals surface area (Å²) in [6, 6.07) is 6.12. The maximum absolute atomic E-state index is 15.3. The van der Waals surface area contributed by atoms with Crippen molar-refractivity contribution in [2.75, 3.05) is 13.2 Å². The predicted molar refractivity (Wildman–Crippen MR) is 186 cm³/mol. The fraction of sp³-hybridized carbons (Fsp3) is 0.632. The number of carbonyl (C=O) groups excluding carboxylic acids is 6. The second-order valence-corrected chi connectivity index (χ2v) is 15.4. The van der Waals surface area contributed by atoms with E-state index in [2.05, 4.69) is 5.32 Å². The number of rotatable bonds is 10. The summed E-state index contributed by atoms with van der Waals surface area (Å²) < 4.78 is 23.6. The first-order valence-corrected chi connectivity index (χ1v) is 17.7. The van der Waals surface area contributed by atoms with E-state index in [0.29, 0.717) is 0 Å². The molecular formula is C38H51NO15. The standard InChI is InChI=1S/C38H51NO15/c1-18-14-26(45)36(8)30(37(18,17-41)54-22(5)44)32(53-33(48)23-12-10-9-11-13-23)38(50)15-25(52-34(49)28(46)24(16-40)39-20(3)42)19(2)27(35(38,6)7)29(31(36)47)51-21(4)43/h9-13,18,24-26,28-30,32,40-41,45-46,50H,14-17H2,1-8H3,(H,39,42)/t18-,24+,25?,26+,28-,29-,30+,32+,36-,37+,38-/m1/s1. The first kappa shape index (κ1) is 42.5. The lowest BCUT2D eigenvalue weighted by Crippen LogP contribution is -2.77. The molecule has 11 atom stereocenters. The summed E-state index contributed by atoms with van der Waals surface area (Å²) in [5.41, 5.74) is -8.45. The predicted octanol–water partition coefficient (Wildman–Crippen LogP) is 0.291. The van der Waals surface area contributed by atoms with Crippen molar-refractivity contribution in [1.82, 2.24) is 5.32 Å². The molecule has 1 aromatic carbocycles. The Labute approximate surface area is 312 Å². The molecule has 0 aromatic heterocycles. The van der Waals surface area contributed by atoms with Crippen LogP contribution in [0.5, 0.6) is 0 Å². The number of hydrogen-bond acceptors (Lipinski definition) is 15. The lowest BCUT2D eigenvalue weighted by molar-refractivity contribution is -0.280. The Kier molecular flexibility index (Phi) is 12.2. The van der Waals surface area contributed by atoms with E-state index in [4.69, 9.17) is 18.9 Å². The third kappa shape index (κ3) is 7.05. The number of hydrogen-bond donors (Lipinski definition) is 6. The van der Waals surface area contributed by atoms with Gasteiger partial charge in [0.2, 0.25) is 5.91 Å². The average molecular weight is 762 g/mol. The number of benzene rings is 1. The van der Waals surface area contributed by atoms with Crippen molar-refractivity contribution in [3.05, 3.63) is 47.0 Å². The van der Waals surface area contributed by atoms with Crippen LogP contribution < -0.4 is 5.32 Å². The molecule has 0 radical (unpaired) electrons. The van der Waals surface area contributed by atoms with Gasteiger partial charge in [-0.15, -0.1) is 0 Å². The van der Waals surface area contributed by atoms with Crippen molar-refractivity contribution in [2.45, 2.75) is 116 Å². The van der Waals surface area contributed by atoms with Crippen molar-refractivity contribution < 1.29 is 73.2 Å². The van der Waals surface area contributed by atoms with Gasteiger partial charge in [0, 0.05) is 38.5 Å². The number of esters is 4. The molecule has 1 amide bonds. The van der Waals surface area contributed by atoms with Crippen LogP contribution in [0.15, 0.2) is 41.5 Å². The van der Waals surface area contributed by atoms with Crippen molar-refractivity contribution in [3.8, 4) is 0 Å². The summed E-state index contributed by atoms with van der Waals surface area (Å²) in [6.45, 7) is 8.65. The maximum Gasteiger partial charge on any atom is 0.338 e. The van der Waals surface area contributed by atoms with Crippen molar-refractivity contribution >= 4 is 35.6 Å². The van der Waals surface area contributed by atoms with Crippen LogP contribution in [0, 0.1) is 22.7 Å². The van der Waals surface area contributed by atoms with E-state index in [0.717, 1.165) is 20.8 Å². The minimum Gasteiger partial charge on any atom is -0.456 e. The summed E-state index contributed by atoms with van der Waals surface area (Å²) in [4.78, 5) is 80.2. The molecular weight excluding hydrogens is 710 g/mol. The highest BCUT2D eigenvalue weighted by Crippen LogP contribution is 2.63. The fourth-order valence-electron chi connectivity index (χ4n) is 8.88. The molecule has 0 heterocycles. The summed E-state index contributed by atoms with van der Waals surface area (Å²) in [5.74, 6) is -8.50. The summed E-state index contributed by atoms with van der Waals surface area (Å²) in [7, 11) is 0. The molecule has 1 unspecified atom stereocenters. The highest BCUT2D eigenvalue weighted by atomic mass is 16.6. The fourth-order valence-corrected chi connectivity index (χ4v) is 8.88. The van der Waals surface area contributed by atoms with Crippen LogP contribution in [-0.2, 0) is 42.9 Å². The number of nitrogens with one attached hydrogen (secondary N) is 1. The van der Waals surface area contributed by atoms with Gasteiger partial charge in [0.1, 0.15) is 23.4 Å². The summed E-state index contributed by atoms with van der Waals surface area (Å²) in [5, 5.41) is 59.5. The third-order valence-electron chi connectivity index (χ3n) is 11.8. The molecule has 0 aliphatic heterocycles. The summed E-state index contributed by atoms with van der Waals surface area (Å²) >= 11 is 0. The average Bonchev–Trinajstić information content (AvgIpc) is 3.09. The second kappa shape index (κ2) is 15.5. The number of Topliss-reactive ketones (excluding diaryl/α,β-unsaturated/α-hetero) is 1. The number of ether oxygens (including phenoxy) is 4. The zero-order valence-corrected chi connectivity index (χ0v) is 31.7. The van der Waals surface area contributed by atoms with Crippen molar-refractivity contribution in [1.29, 1.82) is 0 Å². The minimum absolute atomic E-state index is 0.0140. The number of carbonyl (C=O) groups is 6. The van der Waals surface area contributed by atoms with Gasteiger partial charge in [-0.25, -0.2) is 9.59 Å². The van der Waals surface area contributed by atoms with Crippen LogP contribution in [0.1, 0.15) is 78.6 Å². The monoisotopic (exact) mass is 761 g/mol. The van der Waals surface area contributed by atoms with E-state index in [9.17, 15) is 49.5 Å². The SMILES string of the molecule is CC(=O)N[C@@H](CO)[C@@H](O)C(=O)OC1C[C@@]2(O)[C@@H](OC(=O)c3ccccc3)[C@@H]3[C@@](CO)(OC(C)=O)[C@H](C)C[C@H](O)[C@@]3(C)C(=O)[C@H](OC(C)=O)C(=C1C)C2(C)C. The lowest BCUT2D eigenvalue weighted by atomic mass is 9.44. The van der Waals surface area contributed by atoms with Gasteiger partial charge in [-0.05, 0) is 43.5 Å². The minimum atomic E-state index is -2.47. The van der Waals surface area contributed by atoms with Crippen molar-refractivity contribution in [2.24, 2.45) is 22.7 Å². The Balaban J connectivity index is 2.10. The molecule has 6 N–H and O–H groups in total. The van der Waals surface area contributed by atoms with Crippen LogP contribution in [0.25, 0.3) is 0 Å². The molecule has 16 nitrogen and oxygen atoms in total. The molecule has 0 saturated heterocycles. The third-order valence-corrected chi connectivity index (χ3v) is 11.8. The van der Waals surface area contributed by atoms with Crippen molar-refractivity contribution in [3.63, 3.8) is 0 Å². The zero-order valence-electron chi connectivity index (χ0n) is 31.7. The number of aliphatic hydroxyl groups excluding tert-OH is 4. The van der Waals surface area contributed by atoms with E-state index in [1.54, 1.807) is 25.1 Å². The molecule has 2 fully saturated rings. The normalized spacial score (nSPS) is 34.2. The van der Waals surface area contributed by atoms with E-state index >= 15 is 4.79 Å². The highest BCUT2D eigenvalue weighted by molar-refractivity contribution is 5.95. The van der Waals surface area contributed by atoms with Gasteiger partial charge in [0.05, 0.1) is 42.3 Å². The number of fused-ring (bicyclic) bond motifs is 3. The van der Waals surface area contributed by atoms with E-state index in [1.165, 1.54) is 39.8 Å². The number of ketones is 1. The maximum atomic E-state index is 15.3. The molecule has 2 saturated carbocycles. The summed E-state index contributed by atoms with van der Waals surface area (Å²) in [6.07, 6.45) is -9.94. The Morgan fingerprint density at radius 1 is 0.963 bits per heavy atom. The molecule has 3 aliphatic carbocycles. The van der Waals surface area contributed by atoms with Gasteiger partial charge in [-0.1, -0.05) is 39.0 Å². The molecule has 0 spiro atoms. The molecule has 4 rings (SSSR count). The molecule has 1 aromatic rings. The van der Waals surface area contributed by atoms with Crippen LogP contribution in [0.4, 0.5) is 0 Å². The molecule has 2 bridgehead atoms. The van der Waals surface area contributed by atoms with Gasteiger partial charge in [-0.2, -0.15) is 0 Å². The topological polar surface area (TPSA) is 253 Å². The lowest BCUT2D eigenvalue weighted by Gasteiger charge is -2.64. The van der Waals surface area contributed by atoms with E-state index < -0.39 is 126 Å². The van der Waals surface area contributed by atoms with Gasteiger partial charge in [0.25, 0.3) is 0 Å². The zero-order chi connectivity index (χ0) is 40.7. The van der Waals surface area contributed by atoms with E-state index in [-0.39, 0.29) is 23.1 Å². The number of amides is 1. The molecule has 54 heavy (non-hydrogen) atoms. The second-order valence-electron chi connectivity index (χ2n) is 15.4. The Hall–Kier alpha value is -4.22. The first-order chi connectivity index (χ1) is 25.0. The van der Waals surface area contributed by atoms with Crippen LogP contribution in [0.2, 0.25) is 0 Å². The van der Waals surface area contributed by atoms with Gasteiger partial charge >= 0.3 is 23.9 Å². The smallest absolute Gasteiger partial charge is 0.338 e. The molecule has 298 valence electrons. The quantitative estimate of drug-likeness (QED) is 0.107. The largest absolute Gasteiger partial charge is 0.456 e. The van der Waals surface area contributed by atoms with Crippen LogP contribution in [-0.4, -0.2) is 122 Å². The molecule has 3 aliphatic rings. The Morgan fingerprint density at radius 2 is 1.57 bits per heavy atom. The van der Waals surface area contributed by atoms with Gasteiger partial charge < -0.3 is 49.8 Å². The first-order valence-electron chi connectivity index (χ1n) is 17.7.